The minimum Gasteiger partial charge on any atom is -0.461 e. The van der Waals surface area contributed by atoms with Crippen LogP contribution in [0.5, 0.6) is 0 Å². The van der Waals surface area contributed by atoms with E-state index in [-0.39, 0.29) is 37.5 Å². The molecule has 1 N–H and O–H groups in total. The molecule has 2 heterocycles. The van der Waals surface area contributed by atoms with Crippen molar-refractivity contribution in [1.29, 1.82) is 0 Å². The second-order valence-corrected chi connectivity index (χ2v) is 7.24. The number of hydrogen-bond donors (Lipinski definition) is 1. The monoisotopic (exact) mass is 413 g/mol. The highest BCUT2D eigenvalue weighted by molar-refractivity contribution is 5.85. The van der Waals surface area contributed by atoms with Gasteiger partial charge in [-0.3, -0.25) is 9.59 Å². The van der Waals surface area contributed by atoms with Crippen LogP contribution in [0.4, 0.5) is 18.0 Å². The van der Waals surface area contributed by atoms with Gasteiger partial charge in [0.05, 0.1) is 12.1 Å². The number of benzene rings is 1. The van der Waals surface area contributed by atoms with Crippen LogP contribution in [-0.4, -0.2) is 66.5 Å². The minimum atomic E-state index is -4.43. The molecule has 2 aliphatic rings. The van der Waals surface area contributed by atoms with Crippen molar-refractivity contribution in [3.05, 3.63) is 35.4 Å². The molecule has 7 nitrogen and oxygen atoms in total. The van der Waals surface area contributed by atoms with Crippen molar-refractivity contribution < 1.29 is 32.3 Å². The van der Waals surface area contributed by atoms with Crippen LogP contribution >= 0.6 is 0 Å². The number of rotatable bonds is 2. The molecule has 1 aromatic rings. The van der Waals surface area contributed by atoms with E-state index in [1.807, 2.05) is 0 Å². The molecule has 0 saturated carbocycles. The maximum Gasteiger partial charge on any atom is 0.416 e. The average molecular weight is 413 g/mol. The molecule has 0 spiro atoms. The average Bonchev–Trinajstić information content (AvgIpc) is 2.66. The van der Waals surface area contributed by atoms with Crippen molar-refractivity contribution in [2.45, 2.75) is 31.5 Å². The highest BCUT2D eigenvalue weighted by Gasteiger charge is 2.36. The number of amides is 3. The van der Waals surface area contributed by atoms with Crippen molar-refractivity contribution in [2.75, 3.05) is 32.7 Å². The van der Waals surface area contributed by atoms with Crippen LogP contribution in [0.1, 0.15) is 30.4 Å². The zero-order valence-corrected chi connectivity index (χ0v) is 15.9. The highest BCUT2D eigenvalue weighted by atomic mass is 19.4. The van der Waals surface area contributed by atoms with Gasteiger partial charge in [0.2, 0.25) is 5.91 Å². The Hall–Kier alpha value is -2.78. The zero-order chi connectivity index (χ0) is 21.2. The van der Waals surface area contributed by atoms with Gasteiger partial charge in [0.1, 0.15) is 12.6 Å². The summed E-state index contributed by atoms with van der Waals surface area (Å²) < 4.78 is 43.8. The summed E-state index contributed by atoms with van der Waals surface area (Å²) in [6.07, 6.45) is -4.60. The SMILES string of the molecule is CC(=O)OC1CC(c2ccc(C(F)(F)F)cc2)CN(C(=O)N2CCNC(=O)C2)C1. The van der Waals surface area contributed by atoms with Crippen LogP contribution in [0.25, 0.3) is 0 Å². The normalized spacial score (nSPS) is 22.8. The molecule has 0 radical (unpaired) electrons. The summed E-state index contributed by atoms with van der Waals surface area (Å²) in [4.78, 5) is 38.8. The van der Waals surface area contributed by atoms with E-state index in [1.54, 1.807) is 0 Å². The topological polar surface area (TPSA) is 79.0 Å². The van der Waals surface area contributed by atoms with Gasteiger partial charge in [-0.25, -0.2) is 4.79 Å². The van der Waals surface area contributed by atoms with Gasteiger partial charge in [0.25, 0.3) is 0 Å². The quantitative estimate of drug-likeness (QED) is 0.752. The van der Waals surface area contributed by atoms with E-state index in [1.165, 1.54) is 28.9 Å². The number of urea groups is 1. The smallest absolute Gasteiger partial charge is 0.416 e. The molecular weight excluding hydrogens is 391 g/mol. The standard InChI is InChI=1S/C19H22F3N3O4/c1-12(26)29-16-8-14(13-2-4-15(5-3-13)19(20,21)22)9-25(10-16)18(28)24-7-6-23-17(27)11-24/h2-5,14,16H,6-11H2,1H3,(H,23,27). The number of carbonyl (C=O) groups is 3. The number of likely N-dealkylation sites (tertiary alicyclic amines) is 1. The van der Waals surface area contributed by atoms with Crippen molar-refractivity contribution in [2.24, 2.45) is 0 Å². The van der Waals surface area contributed by atoms with E-state index in [2.05, 4.69) is 5.32 Å². The van der Waals surface area contributed by atoms with Gasteiger partial charge in [0.15, 0.2) is 0 Å². The molecule has 1 aromatic carbocycles. The molecule has 3 rings (SSSR count). The third-order valence-corrected chi connectivity index (χ3v) is 5.03. The first kappa shape index (κ1) is 20.9. The van der Waals surface area contributed by atoms with Crippen LogP contribution in [0, 0.1) is 0 Å². The fraction of sp³-hybridized carbons (Fsp3) is 0.526. The molecule has 0 bridgehead atoms. The Morgan fingerprint density at radius 2 is 1.83 bits per heavy atom. The largest absolute Gasteiger partial charge is 0.461 e. The summed E-state index contributed by atoms with van der Waals surface area (Å²) in [6, 6.07) is 4.44. The van der Waals surface area contributed by atoms with Gasteiger partial charge in [-0.05, 0) is 24.1 Å². The molecule has 2 atom stereocenters. The Morgan fingerprint density at radius 1 is 1.14 bits per heavy atom. The maximum atomic E-state index is 12.9. The molecule has 3 amide bonds. The first-order chi connectivity index (χ1) is 13.6. The molecule has 29 heavy (non-hydrogen) atoms. The van der Waals surface area contributed by atoms with E-state index < -0.39 is 23.8 Å². The Labute approximate surface area is 165 Å². The molecule has 0 aromatic heterocycles. The van der Waals surface area contributed by atoms with Crippen molar-refractivity contribution in [3.8, 4) is 0 Å². The molecule has 158 valence electrons. The van der Waals surface area contributed by atoms with Crippen LogP contribution in [0.2, 0.25) is 0 Å². The number of halogens is 3. The lowest BCUT2D eigenvalue weighted by molar-refractivity contribution is -0.148. The fourth-order valence-corrected chi connectivity index (χ4v) is 3.72. The number of hydrogen-bond acceptors (Lipinski definition) is 4. The highest BCUT2D eigenvalue weighted by Crippen LogP contribution is 2.33. The van der Waals surface area contributed by atoms with Crippen molar-refractivity contribution >= 4 is 17.9 Å². The summed E-state index contributed by atoms with van der Waals surface area (Å²) in [6.45, 7) is 2.37. The summed E-state index contributed by atoms with van der Waals surface area (Å²) in [5, 5.41) is 2.64. The number of nitrogens with one attached hydrogen (secondary N) is 1. The van der Waals surface area contributed by atoms with E-state index in [0.29, 0.717) is 25.1 Å². The lowest BCUT2D eigenvalue weighted by Gasteiger charge is -2.40. The molecule has 0 aliphatic carbocycles. The Morgan fingerprint density at radius 3 is 2.41 bits per heavy atom. The first-order valence-corrected chi connectivity index (χ1v) is 9.28. The predicted octanol–water partition coefficient (Wildman–Crippen LogP) is 1.98. The summed E-state index contributed by atoms with van der Waals surface area (Å²) in [5.74, 6) is -1.04. The van der Waals surface area contributed by atoms with Gasteiger partial charge >= 0.3 is 18.2 Å². The van der Waals surface area contributed by atoms with Crippen LogP contribution in [0.3, 0.4) is 0 Å². The third kappa shape index (κ3) is 5.18. The van der Waals surface area contributed by atoms with Gasteiger partial charge < -0.3 is 19.9 Å². The number of esters is 1. The summed E-state index contributed by atoms with van der Waals surface area (Å²) >= 11 is 0. The Kier molecular flexibility index (Phi) is 5.99. The van der Waals surface area contributed by atoms with Crippen LogP contribution in [0.15, 0.2) is 24.3 Å². The van der Waals surface area contributed by atoms with E-state index in [4.69, 9.17) is 4.74 Å². The molecule has 2 aliphatic heterocycles. The Bertz CT molecular complexity index is 782. The van der Waals surface area contributed by atoms with Crippen LogP contribution in [-0.2, 0) is 20.5 Å². The van der Waals surface area contributed by atoms with Crippen LogP contribution < -0.4 is 5.32 Å². The van der Waals surface area contributed by atoms with Gasteiger partial charge in [-0.1, -0.05) is 12.1 Å². The summed E-state index contributed by atoms with van der Waals surface area (Å²) in [5.41, 5.74) is -0.120. The number of ether oxygens (including phenoxy) is 1. The fourth-order valence-electron chi connectivity index (χ4n) is 3.72. The van der Waals surface area contributed by atoms with Crippen molar-refractivity contribution in [3.63, 3.8) is 0 Å². The van der Waals surface area contributed by atoms with Gasteiger partial charge in [-0.15, -0.1) is 0 Å². The van der Waals surface area contributed by atoms with E-state index in [0.717, 1.165) is 12.1 Å². The molecule has 2 unspecified atom stereocenters. The minimum absolute atomic E-state index is 0.0570. The van der Waals surface area contributed by atoms with E-state index in [9.17, 15) is 27.6 Å². The number of alkyl halides is 3. The first-order valence-electron chi connectivity index (χ1n) is 9.28. The third-order valence-electron chi connectivity index (χ3n) is 5.03. The summed E-state index contributed by atoms with van der Waals surface area (Å²) in [7, 11) is 0. The van der Waals surface area contributed by atoms with Crippen molar-refractivity contribution in [1.82, 2.24) is 15.1 Å². The zero-order valence-electron chi connectivity index (χ0n) is 15.9. The number of piperidine rings is 1. The second kappa shape index (κ2) is 8.30. The van der Waals surface area contributed by atoms with E-state index >= 15 is 0 Å². The Balaban J connectivity index is 1.78. The predicted molar refractivity (Wildman–Crippen MR) is 95.9 cm³/mol. The number of carbonyl (C=O) groups excluding carboxylic acids is 3. The number of nitrogens with zero attached hydrogens (tertiary/aromatic N) is 2. The lowest BCUT2D eigenvalue weighted by Crippen LogP contribution is -2.57. The molecular formula is C19H22F3N3O4. The van der Waals surface area contributed by atoms with Gasteiger partial charge in [-0.2, -0.15) is 13.2 Å². The molecule has 10 heteroatoms. The molecule has 2 fully saturated rings. The lowest BCUT2D eigenvalue weighted by atomic mass is 9.88. The number of piperazine rings is 1. The second-order valence-electron chi connectivity index (χ2n) is 7.24. The van der Waals surface area contributed by atoms with Gasteiger partial charge in [0, 0.05) is 32.5 Å². The molecule has 2 saturated heterocycles. The maximum absolute atomic E-state index is 12.9.